The summed E-state index contributed by atoms with van der Waals surface area (Å²) in [6.07, 6.45) is 6.55. The van der Waals surface area contributed by atoms with Crippen molar-refractivity contribution in [1.82, 2.24) is 14.1 Å². The Balaban J connectivity index is 1.14. The van der Waals surface area contributed by atoms with Crippen molar-refractivity contribution in [3.63, 3.8) is 0 Å². The quantitative estimate of drug-likeness (QED) is 0.107. The van der Waals surface area contributed by atoms with E-state index in [1.807, 2.05) is 82.1 Å². The Hall–Kier alpha value is -7.24. The number of aromatic nitrogens is 4. The van der Waals surface area contributed by atoms with E-state index in [1.54, 1.807) is 0 Å². The molecule has 10 rings (SSSR count). The third-order valence-corrected chi connectivity index (χ3v) is 12.2. The van der Waals surface area contributed by atoms with E-state index in [2.05, 4.69) is 139 Å². The molecule has 0 fully saturated rings. The number of hydrogen-bond donors (Lipinski definition) is 0. The van der Waals surface area contributed by atoms with Crippen LogP contribution in [0, 0.1) is 12.2 Å². The number of nitrogens with zero attached hydrogens (tertiary/aromatic N) is 4. The minimum Gasteiger partial charge on any atom is -0.458 e. The molecule has 0 bridgehead atoms. The van der Waals surface area contributed by atoms with Crippen molar-refractivity contribution in [2.75, 3.05) is 0 Å². The first-order chi connectivity index (χ1) is 33.4. The highest BCUT2D eigenvalue weighted by Crippen LogP contribution is 2.40. The van der Waals surface area contributed by atoms with Gasteiger partial charge in [-0.15, -0.1) is 0 Å². The maximum atomic E-state index is 9.20. The van der Waals surface area contributed by atoms with Crippen LogP contribution in [0.2, 0.25) is 0 Å². The molecule has 10 aromatic rings. The van der Waals surface area contributed by atoms with E-state index >= 15 is 0 Å². The van der Waals surface area contributed by atoms with Crippen molar-refractivity contribution in [1.29, 1.82) is 0 Å². The van der Waals surface area contributed by atoms with Gasteiger partial charge in [0.25, 0.3) is 6.33 Å². The van der Waals surface area contributed by atoms with Gasteiger partial charge < -0.3 is 4.74 Å². The number of pyridine rings is 1. The number of ether oxygens (including phenoxy) is 1. The van der Waals surface area contributed by atoms with E-state index in [-0.39, 0.29) is 28.5 Å². The van der Waals surface area contributed by atoms with Crippen LogP contribution in [0.5, 0.6) is 11.5 Å². The second-order valence-corrected chi connectivity index (χ2v) is 19.5. The Morgan fingerprint density at radius 3 is 2.03 bits per heavy atom. The van der Waals surface area contributed by atoms with Crippen molar-refractivity contribution >= 4 is 32.8 Å². The summed E-state index contributed by atoms with van der Waals surface area (Å²) in [6.45, 7) is 17.7. The molecule has 322 valence electrons. The van der Waals surface area contributed by atoms with E-state index in [0.29, 0.717) is 28.7 Å². The SMILES string of the molecule is [2H]c1c([2H])c([2H])c(-c2cccc(-c3cc(C(C)(C)C)cc(C(C)(C)C)c3)c2-[n+]2[c-]n(-c3cccc(Oc4ccc5c6ccccc6n(-c6cc(CC(C)C)ccn6)c5c4)c3)c3ccccc32)c([2H])c1[2H]. The fourth-order valence-corrected chi connectivity index (χ4v) is 8.93. The van der Waals surface area contributed by atoms with Gasteiger partial charge in [-0.2, -0.15) is 0 Å². The molecule has 5 nitrogen and oxygen atoms in total. The van der Waals surface area contributed by atoms with Crippen molar-refractivity contribution in [3.05, 3.63) is 199 Å². The number of benzene rings is 7. The van der Waals surface area contributed by atoms with Crippen LogP contribution >= 0.6 is 0 Å². The lowest BCUT2D eigenvalue weighted by atomic mass is 9.78. The molecule has 3 aromatic heterocycles. The normalized spacial score (nSPS) is 13.3. The second-order valence-electron chi connectivity index (χ2n) is 19.5. The van der Waals surface area contributed by atoms with Gasteiger partial charge in [0, 0.05) is 23.0 Å². The molecule has 0 saturated carbocycles. The van der Waals surface area contributed by atoms with Crippen LogP contribution in [0.3, 0.4) is 0 Å². The highest BCUT2D eigenvalue weighted by Gasteiger charge is 2.25. The van der Waals surface area contributed by atoms with Crippen LogP contribution in [0.4, 0.5) is 0 Å². The van der Waals surface area contributed by atoms with Gasteiger partial charge >= 0.3 is 0 Å². The van der Waals surface area contributed by atoms with Gasteiger partial charge in [0.2, 0.25) is 0 Å². The monoisotopic (exact) mass is 853 g/mol. The largest absolute Gasteiger partial charge is 0.458 e. The van der Waals surface area contributed by atoms with Crippen LogP contribution in [-0.2, 0) is 17.3 Å². The third-order valence-electron chi connectivity index (χ3n) is 12.2. The smallest absolute Gasteiger partial charge is 0.269 e. The van der Waals surface area contributed by atoms with Crippen LogP contribution in [0.25, 0.3) is 72.3 Å². The number of rotatable bonds is 9. The predicted molar refractivity (Wildman–Crippen MR) is 269 cm³/mol. The fourth-order valence-electron chi connectivity index (χ4n) is 8.93. The molecule has 5 heteroatoms. The predicted octanol–water partition coefficient (Wildman–Crippen LogP) is 15.1. The van der Waals surface area contributed by atoms with Crippen molar-refractivity contribution in [2.45, 2.75) is 72.6 Å². The summed E-state index contributed by atoms with van der Waals surface area (Å²) in [5.74, 6) is 2.68. The molecule has 65 heavy (non-hydrogen) atoms. The van der Waals surface area contributed by atoms with E-state index in [0.717, 1.165) is 73.0 Å². The Morgan fingerprint density at radius 1 is 0.631 bits per heavy atom. The van der Waals surface area contributed by atoms with Crippen LogP contribution in [0.1, 0.15) is 78.9 Å². The maximum Gasteiger partial charge on any atom is 0.269 e. The minimum atomic E-state index is -0.437. The van der Waals surface area contributed by atoms with Gasteiger partial charge in [-0.25, -0.2) is 4.98 Å². The first kappa shape index (κ1) is 36.1. The van der Waals surface area contributed by atoms with E-state index in [9.17, 15) is 2.74 Å². The van der Waals surface area contributed by atoms with E-state index < -0.39 is 18.1 Å². The summed E-state index contributed by atoms with van der Waals surface area (Å²) in [7, 11) is 0. The first-order valence-corrected chi connectivity index (χ1v) is 22.5. The molecule has 0 N–H and O–H groups in total. The van der Waals surface area contributed by atoms with Crippen LogP contribution in [0.15, 0.2) is 176 Å². The van der Waals surface area contributed by atoms with Gasteiger partial charge in [0.1, 0.15) is 17.3 Å². The lowest BCUT2D eigenvalue weighted by Gasteiger charge is -2.27. The fraction of sp³-hybridized carbons (Fsp3) is 0.200. The van der Waals surface area contributed by atoms with Gasteiger partial charge in [-0.1, -0.05) is 171 Å². The highest BCUT2D eigenvalue weighted by molar-refractivity contribution is 6.09. The molecule has 0 spiro atoms. The summed E-state index contributed by atoms with van der Waals surface area (Å²) in [5, 5.41) is 2.24. The van der Waals surface area contributed by atoms with Crippen molar-refractivity contribution in [2.24, 2.45) is 5.92 Å². The van der Waals surface area contributed by atoms with Gasteiger partial charge in [-0.05, 0) is 111 Å². The summed E-state index contributed by atoms with van der Waals surface area (Å²) in [5.41, 5.74) is 10.7. The lowest BCUT2D eigenvalue weighted by Crippen LogP contribution is -2.31. The van der Waals surface area contributed by atoms with Crippen LogP contribution < -0.4 is 9.30 Å². The molecular weight excluding hydrogens is 793 g/mol. The van der Waals surface area contributed by atoms with Crippen LogP contribution in [-0.4, -0.2) is 14.1 Å². The average molecular weight is 854 g/mol. The zero-order valence-electron chi connectivity index (χ0n) is 43.3. The minimum absolute atomic E-state index is 0.119. The molecule has 3 heterocycles. The zero-order valence-corrected chi connectivity index (χ0v) is 38.3. The van der Waals surface area contributed by atoms with Gasteiger partial charge in [-0.3, -0.25) is 13.7 Å². The highest BCUT2D eigenvalue weighted by atomic mass is 16.5. The zero-order chi connectivity index (χ0) is 49.4. The van der Waals surface area contributed by atoms with Gasteiger partial charge in [0.15, 0.2) is 0 Å². The number of fused-ring (bicyclic) bond motifs is 4. The molecule has 7 aromatic carbocycles. The standard InChI is InChI=1S/C60H56N4O/c1-40(2)32-41-30-31-61-57(33-41)64-53-25-13-12-22-51(53)52-29-28-48(38-56(52)64)65-47-21-16-20-46(37-47)62-39-63(55-27-15-14-26-54(55)62)58-49(42-18-10-9-11-19-42)23-17-24-50(58)43-34-44(59(3,4)5)36-45(35-43)60(6,7)8/h9-31,33-38,40H,32H2,1-8H3/i9D,10D,11D,18D,19D. The first-order valence-electron chi connectivity index (χ1n) is 25.0. The number of imidazole rings is 1. The topological polar surface area (TPSA) is 35.9 Å². The van der Waals surface area contributed by atoms with Gasteiger partial charge in [0.05, 0.1) is 40.3 Å². The molecule has 0 radical (unpaired) electrons. The summed E-state index contributed by atoms with van der Waals surface area (Å²) in [6, 6.07) is 45.6. The Bertz CT molecular complexity index is 3620. The molecule has 0 atom stereocenters. The van der Waals surface area contributed by atoms with E-state index in [1.165, 1.54) is 5.56 Å². The lowest BCUT2D eigenvalue weighted by molar-refractivity contribution is -0.571. The molecule has 0 amide bonds. The molecule has 0 unspecified atom stereocenters. The Kier molecular flexibility index (Phi) is 9.11. The Morgan fingerprint density at radius 2 is 1.29 bits per heavy atom. The number of hydrogen-bond acceptors (Lipinski definition) is 2. The Labute approximate surface area is 390 Å². The summed E-state index contributed by atoms with van der Waals surface area (Å²) in [4.78, 5) is 4.86. The summed E-state index contributed by atoms with van der Waals surface area (Å²) >= 11 is 0. The van der Waals surface area contributed by atoms with E-state index in [4.69, 9.17) is 13.8 Å². The molecule has 0 saturated heterocycles. The number of para-hydroxylation sites is 4. The maximum absolute atomic E-state index is 9.20. The second kappa shape index (κ2) is 16.4. The molecule has 0 aliphatic rings. The van der Waals surface area contributed by atoms with Crippen molar-refractivity contribution < 1.29 is 16.2 Å². The molecule has 0 aliphatic carbocycles. The summed E-state index contributed by atoms with van der Waals surface area (Å²) < 4.78 is 57.2. The average Bonchev–Trinajstić information content (AvgIpc) is 3.88. The molecule has 0 aliphatic heterocycles. The third kappa shape index (κ3) is 8.01. The van der Waals surface area contributed by atoms with Crippen molar-refractivity contribution in [3.8, 4) is 50.9 Å². The molecular formula is C60H56N4O.